The van der Waals surface area contributed by atoms with E-state index in [1.54, 1.807) is 26.0 Å². The van der Waals surface area contributed by atoms with Crippen molar-refractivity contribution in [3.8, 4) is 5.75 Å². The number of hydrogen-bond donors (Lipinski definition) is 1. The van der Waals surface area contributed by atoms with Crippen LogP contribution in [0.25, 0.3) is 0 Å². The third-order valence-electron chi connectivity index (χ3n) is 2.58. The summed E-state index contributed by atoms with van der Waals surface area (Å²) in [6, 6.07) is 5.28. The van der Waals surface area contributed by atoms with E-state index in [4.69, 9.17) is 26.8 Å². The van der Waals surface area contributed by atoms with Crippen LogP contribution in [0.5, 0.6) is 5.75 Å². The van der Waals surface area contributed by atoms with Crippen molar-refractivity contribution in [2.75, 3.05) is 13.7 Å². The van der Waals surface area contributed by atoms with Gasteiger partial charge in [-0.05, 0) is 31.5 Å². The zero-order chi connectivity index (χ0) is 13.8. The van der Waals surface area contributed by atoms with Crippen LogP contribution in [0.4, 0.5) is 0 Å². The van der Waals surface area contributed by atoms with Gasteiger partial charge in [0, 0.05) is 11.6 Å². The maximum Gasteiger partial charge on any atom is 0.314 e. The molecule has 0 heterocycles. The number of ether oxygens (including phenoxy) is 2. The maximum absolute atomic E-state index is 11.5. The van der Waals surface area contributed by atoms with Gasteiger partial charge >= 0.3 is 5.97 Å². The van der Waals surface area contributed by atoms with E-state index in [1.807, 2.05) is 6.07 Å². The molecule has 0 saturated heterocycles. The van der Waals surface area contributed by atoms with Crippen molar-refractivity contribution in [2.24, 2.45) is 11.1 Å². The Morgan fingerprint density at radius 3 is 2.61 bits per heavy atom. The van der Waals surface area contributed by atoms with E-state index in [1.165, 1.54) is 7.11 Å². The van der Waals surface area contributed by atoms with Crippen molar-refractivity contribution in [3.05, 3.63) is 28.8 Å². The first kappa shape index (κ1) is 14.8. The number of esters is 1. The number of benzene rings is 1. The topological polar surface area (TPSA) is 61.5 Å². The second-order valence-electron chi connectivity index (χ2n) is 4.62. The Bertz CT molecular complexity index is 432. The van der Waals surface area contributed by atoms with E-state index in [0.717, 1.165) is 5.56 Å². The lowest BCUT2D eigenvalue weighted by molar-refractivity contribution is -0.152. The van der Waals surface area contributed by atoms with E-state index >= 15 is 0 Å². The number of halogens is 1. The molecule has 0 aliphatic heterocycles. The van der Waals surface area contributed by atoms with Gasteiger partial charge in [-0.2, -0.15) is 0 Å². The van der Waals surface area contributed by atoms with Crippen LogP contribution < -0.4 is 10.5 Å². The van der Waals surface area contributed by atoms with Gasteiger partial charge in [0.1, 0.15) is 12.4 Å². The Morgan fingerprint density at radius 2 is 2.11 bits per heavy atom. The highest BCUT2D eigenvalue weighted by molar-refractivity contribution is 6.31. The Balaban J connectivity index is 2.69. The largest absolute Gasteiger partial charge is 0.492 e. The van der Waals surface area contributed by atoms with Crippen molar-refractivity contribution >= 4 is 17.6 Å². The van der Waals surface area contributed by atoms with Gasteiger partial charge in [0.15, 0.2) is 0 Å². The summed E-state index contributed by atoms with van der Waals surface area (Å²) in [5.41, 5.74) is 5.67. The molecule has 0 spiro atoms. The van der Waals surface area contributed by atoms with Crippen LogP contribution in [-0.4, -0.2) is 19.7 Å². The van der Waals surface area contributed by atoms with Crippen LogP contribution in [0.3, 0.4) is 0 Å². The highest BCUT2D eigenvalue weighted by Gasteiger charge is 2.29. The molecule has 0 aromatic heterocycles. The molecule has 1 aromatic rings. The molecule has 0 bridgehead atoms. The van der Waals surface area contributed by atoms with E-state index in [-0.39, 0.29) is 12.6 Å². The molecule has 100 valence electrons. The Hall–Kier alpha value is -1.26. The van der Waals surface area contributed by atoms with Crippen LogP contribution in [-0.2, 0) is 16.1 Å². The van der Waals surface area contributed by atoms with Crippen LogP contribution in [0, 0.1) is 5.41 Å². The summed E-state index contributed by atoms with van der Waals surface area (Å²) in [4.78, 5) is 11.5. The lowest BCUT2D eigenvalue weighted by Crippen LogP contribution is -2.32. The molecule has 18 heavy (non-hydrogen) atoms. The van der Waals surface area contributed by atoms with Gasteiger partial charge in [-0.15, -0.1) is 0 Å². The smallest absolute Gasteiger partial charge is 0.314 e. The number of carbonyl (C=O) groups is 1. The monoisotopic (exact) mass is 271 g/mol. The average Bonchev–Trinajstić information content (AvgIpc) is 2.35. The first-order valence-electron chi connectivity index (χ1n) is 5.60. The Morgan fingerprint density at radius 1 is 1.44 bits per heavy atom. The van der Waals surface area contributed by atoms with Crippen molar-refractivity contribution in [2.45, 2.75) is 20.4 Å². The number of methoxy groups -OCH3 is 1. The number of hydrogen-bond acceptors (Lipinski definition) is 4. The van der Waals surface area contributed by atoms with Crippen LogP contribution >= 0.6 is 11.6 Å². The van der Waals surface area contributed by atoms with E-state index in [0.29, 0.717) is 17.3 Å². The van der Waals surface area contributed by atoms with Crippen LogP contribution in [0.15, 0.2) is 18.2 Å². The predicted molar refractivity (Wildman–Crippen MR) is 70.6 cm³/mol. The summed E-state index contributed by atoms with van der Waals surface area (Å²) in [7, 11) is 1.36. The van der Waals surface area contributed by atoms with E-state index < -0.39 is 5.41 Å². The SMILES string of the molecule is COC(=O)C(C)(C)COc1ccc(CN)c(Cl)c1. The fraction of sp³-hybridized carbons (Fsp3) is 0.462. The Kier molecular flexibility index (Phi) is 4.99. The van der Waals surface area contributed by atoms with E-state index in [2.05, 4.69) is 0 Å². The normalized spacial score (nSPS) is 11.2. The molecule has 0 aliphatic rings. The van der Waals surface area contributed by atoms with Crippen molar-refractivity contribution < 1.29 is 14.3 Å². The number of nitrogens with two attached hydrogens (primary N) is 1. The first-order chi connectivity index (χ1) is 8.40. The standard InChI is InChI=1S/C13H18ClNO3/c1-13(2,12(16)17-3)8-18-10-5-4-9(7-15)11(14)6-10/h4-6H,7-8,15H2,1-3H3. The number of rotatable bonds is 5. The molecule has 5 heteroatoms. The molecule has 0 fully saturated rings. The van der Waals surface area contributed by atoms with E-state index in [9.17, 15) is 4.79 Å². The average molecular weight is 272 g/mol. The summed E-state index contributed by atoms with van der Waals surface area (Å²) in [5.74, 6) is 0.293. The van der Waals surface area contributed by atoms with Crippen molar-refractivity contribution in [3.63, 3.8) is 0 Å². The minimum absolute atomic E-state index is 0.220. The number of carbonyl (C=O) groups excluding carboxylic acids is 1. The summed E-state index contributed by atoms with van der Waals surface area (Å²) in [6.45, 7) is 4.12. The molecular weight excluding hydrogens is 254 g/mol. The van der Waals surface area contributed by atoms with Crippen molar-refractivity contribution in [1.82, 2.24) is 0 Å². The first-order valence-corrected chi connectivity index (χ1v) is 5.98. The fourth-order valence-electron chi connectivity index (χ4n) is 1.38. The van der Waals surface area contributed by atoms with Gasteiger partial charge < -0.3 is 15.2 Å². The lowest BCUT2D eigenvalue weighted by Gasteiger charge is -2.21. The van der Waals surface area contributed by atoms with Crippen molar-refractivity contribution in [1.29, 1.82) is 0 Å². The molecule has 4 nitrogen and oxygen atoms in total. The summed E-state index contributed by atoms with van der Waals surface area (Å²) in [6.07, 6.45) is 0. The third-order valence-corrected chi connectivity index (χ3v) is 2.93. The van der Waals surface area contributed by atoms with Gasteiger partial charge in [-0.1, -0.05) is 17.7 Å². The molecule has 2 N–H and O–H groups in total. The van der Waals surface area contributed by atoms with Gasteiger partial charge in [0.2, 0.25) is 0 Å². The molecule has 0 atom stereocenters. The fourth-order valence-corrected chi connectivity index (χ4v) is 1.63. The summed E-state index contributed by atoms with van der Waals surface area (Å²) in [5, 5.41) is 0.561. The minimum Gasteiger partial charge on any atom is -0.492 e. The molecule has 0 radical (unpaired) electrons. The molecule has 0 saturated carbocycles. The van der Waals surface area contributed by atoms with Crippen LogP contribution in [0.1, 0.15) is 19.4 Å². The zero-order valence-electron chi connectivity index (χ0n) is 10.8. The highest BCUT2D eigenvalue weighted by Crippen LogP contribution is 2.25. The van der Waals surface area contributed by atoms with Gasteiger partial charge in [0.05, 0.1) is 12.5 Å². The molecule has 0 aliphatic carbocycles. The maximum atomic E-state index is 11.5. The second-order valence-corrected chi connectivity index (χ2v) is 5.03. The molecule has 1 rings (SSSR count). The van der Waals surface area contributed by atoms with Gasteiger partial charge in [0.25, 0.3) is 0 Å². The lowest BCUT2D eigenvalue weighted by atomic mass is 9.95. The van der Waals surface area contributed by atoms with Gasteiger partial charge in [-0.3, -0.25) is 4.79 Å². The zero-order valence-corrected chi connectivity index (χ0v) is 11.6. The molecule has 0 amide bonds. The predicted octanol–water partition coefficient (Wildman–Crippen LogP) is 2.38. The third kappa shape index (κ3) is 3.62. The molecule has 1 aromatic carbocycles. The second kappa shape index (κ2) is 6.07. The summed E-state index contributed by atoms with van der Waals surface area (Å²) < 4.78 is 10.3. The minimum atomic E-state index is -0.701. The van der Waals surface area contributed by atoms with Gasteiger partial charge in [-0.25, -0.2) is 0 Å². The Labute approximate surface area is 112 Å². The van der Waals surface area contributed by atoms with Crippen LogP contribution in [0.2, 0.25) is 5.02 Å². The molecule has 0 unspecified atom stereocenters. The molecular formula is C13H18ClNO3. The highest BCUT2D eigenvalue weighted by atomic mass is 35.5. The quantitative estimate of drug-likeness (QED) is 0.835. The summed E-state index contributed by atoms with van der Waals surface area (Å²) >= 11 is 6.02.